The second-order valence-electron chi connectivity index (χ2n) is 5.41. The molecule has 2 aromatic rings. The summed E-state index contributed by atoms with van der Waals surface area (Å²) in [6, 6.07) is 10.4. The van der Waals surface area contributed by atoms with Crippen LogP contribution < -0.4 is 10.6 Å². The Morgan fingerprint density at radius 3 is 2.48 bits per heavy atom. The molecule has 6 heteroatoms. The molecule has 0 aliphatic heterocycles. The first-order valence-corrected chi connectivity index (χ1v) is 7.25. The van der Waals surface area contributed by atoms with Crippen LogP contribution in [-0.4, -0.2) is 16.8 Å². The Bertz CT molecular complexity index is 689. The fraction of sp³-hybridized carbons (Fsp3) is 0.235. The maximum Gasteiger partial charge on any atom is 0.313 e. The summed E-state index contributed by atoms with van der Waals surface area (Å²) in [5, 5.41) is 5.03. The van der Waals surface area contributed by atoms with Gasteiger partial charge in [-0.05, 0) is 36.2 Å². The Kier molecular flexibility index (Phi) is 5.41. The molecule has 0 spiro atoms. The van der Waals surface area contributed by atoms with Gasteiger partial charge in [-0.15, -0.1) is 0 Å². The summed E-state index contributed by atoms with van der Waals surface area (Å²) in [6.07, 6.45) is 1.63. The first kappa shape index (κ1) is 16.6. The van der Waals surface area contributed by atoms with E-state index in [1.165, 1.54) is 18.2 Å². The van der Waals surface area contributed by atoms with Gasteiger partial charge >= 0.3 is 11.8 Å². The molecule has 120 valence electrons. The van der Waals surface area contributed by atoms with Gasteiger partial charge in [0, 0.05) is 11.9 Å². The molecule has 0 saturated carbocycles. The molecule has 2 amide bonds. The Labute approximate surface area is 133 Å². The van der Waals surface area contributed by atoms with E-state index in [1.807, 2.05) is 19.9 Å². The first-order valence-electron chi connectivity index (χ1n) is 7.25. The van der Waals surface area contributed by atoms with E-state index >= 15 is 0 Å². The highest BCUT2D eigenvalue weighted by Gasteiger charge is 2.23. The molecule has 1 aromatic carbocycles. The number of rotatable bonds is 4. The molecule has 5 nitrogen and oxygen atoms in total. The van der Waals surface area contributed by atoms with Gasteiger partial charge in [-0.1, -0.05) is 26.0 Å². The van der Waals surface area contributed by atoms with Crippen molar-refractivity contribution < 1.29 is 14.0 Å². The number of anilines is 1. The molecule has 0 fully saturated rings. The summed E-state index contributed by atoms with van der Waals surface area (Å²) in [4.78, 5) is 28.2. The number of amides is 2. The van der Waals surface area contributed by atoms with Gasteiger partial charge in [0.1, 0.15) is 5.82 Å². The number of benzene rings is 1. The third kappa shape index (κ3) is 4.60. The number of halogens is 1. The van der Waals surface area contributed by atoms with Gasteiger partial charge in [0.15, 0.2) is 0 Å². The topological polar surface area (TPSA) is 71.1 Å². The average Bonchev–Trinajstić information content (AvgIpc) is 2.52. The molecule has 0 bridgehead atoms. The Balaban J connectivity index is 2.05. The second kappa shape index (κ2) is 7.49. The normalized spacial score (nSPS) is 11.8. The summed E-state index contributed by atoms with van der Waals surface area (Å²) in [6.45, 7) is 3.84. The molecule has 2 N–H and O–H groups in total. The Hall–Kier alpha value is -2.76. The van der Waals surface area contributed by atoms with Crippen LogP contribution in [0.1, 0.15) is 25.6 Å². The molecular formula is C17H18FN3O2. The van der Waals surface area contributed by atoms with Crippen molar-refractivity contribution in [1.29, 1.82) is 0 Å². The van der Waals surface area contributed by atoms with Crippen molar-refractivity contribution in [2.75, 3.05) is 5.32 Å². The number of carbonyl (C=O) groups excluding carboxylic acids is 2. The highest BCUT2D eigenvalue weighted by atomic mass is 19.1. The van der Waals surface area contributed by atoms with Crippen LogP contribution in [0.15, 0.2) is 48.7 Å². The number of hydrogen-bond donors (Lipinski definition) is 2. The van der Waals surface area contributed by atoms with Crippen molar-refractivity contribution >= 4 is 17.5 Å². The van der Waals surface area contributed by atoms with Gasteiger partial charge in [0.25, 0.3) is 0 Å². The lowest BCUT2D eigenvalue weighted by molar-refractivity contribution is -0.136. The first-order chi connectivity index (χ1) is 11.0. The molecule has 0 saturated heterocycles. The predicted molar refractivity (Wildman–Crippen MR) is 85.0 cm³/mol. The molecule has 1 aromatic heterocycles. The molecule has 0 radical (unpaired) electrons. The van der Waals surface area contributed by atoms with Crippen molar-refractivity contribution in [3.8, 4) is 0 Å². The number of nitrogens with one attached hydrogen (secondary N) is 2. The SMILES string of the molecule is CC(C)C(NC(=O)C(=O)Nc1cccc(F)c1)c1ccccn1. The van der Waals surface area contributed by atoms with E-state index < -0.39 is 17.6 Å². The van der Waals surface area contributed by atoms with Crippen molar-refractivity contribution in [2.24, 2.45) is 5.92 Å². The van der Waals surface area contributed by atoms with E-state index in [4.69, 9.17) is 0 Å². The lowest BCUT2D eigenvalue weighted by Gasteiger charge is -2.21. The molecule has 1 unspecified atom stereocenters. The summed E-state index contributed by atoms with van der Waals surface area (Å²) in [5.74, 6) is -2.08. The van der Waals surface area contributed by atoms with Crippen molar-refractivity contribution in [2.45, 2.75) is 19.9 Å². The molecular weight excluding hydrogens is 297 g/mol. The fourth-order valence-electron chi connectivity index (χ4n) is 2.10. The zero-order valence-electron chi connectivity index (χ0n) is 12.9. The minimum absolute atomic E-state index is 0.0517. The zero-order chi connectivity index (χ0) is 16.8. The maximum absolute atomic E-state index is 13.1. The van der Waals surface area contributed by atoms with Crippen molar-refractivity contribution in [3.05, 3.63) is 60.2 Å². The Morgan fingerprint density at radius 1 is 1.09 bits per heavy atom. The molecule has 0 aliphatic rings. The van der Waals surface area contributed by atoms with Gasteiger partial charge < -0.3 is 10.6 Å². The molecule has 0 aliphatic carbocycles. The van der Waals surface area contributed by atoms with E-state index in [0.29, 0.717) is 5.69 Å². The van der Waals surface area contributed by atoms with Crippen molar-refractivity contribution in [3.63, 3.8) is 0 Å². The van der Waals surface area contributed by atoms with E-state index in [0.717, 1.165) is 6.07 Å². The van der Waals surface area contributed by atoms with E-state index in [9.17, 15) is 14.0 Å². The smallest absolute Gasteiger partial charge is 0.313 e. The lowest BCUT2D eigenvalue weighted by atomic mass is 10.0. The predicted octanol–water partition coefficient (Wildman–Crippen LogP) is 2.67. The number of pyridine rings is 1. The van der Waals surface area contributed by atoms with Gasteiger partial charge in [-0.2, -0.15) is 0 Å². The monoisotopic (exact) mass is 315 g/mol. The summed E-state index contributed by atoms with van der Waals surface area (Å²) < 4.78 is 13.1. The average molecular weight is 315 g/mol. The number of carbonyl (C=O) groups is 2. The van der Waals surface area contributed by atoms with E-state index in [1.54, 1.807) is 18.3 Å². The summed E-state index contributed by atoms with van der Waals surface area (Å²) in [7, 11) is 0. The highest BCUT2D eigenvalue weighted by Crippen LogP contribution is 2.19. The maximum atomic E-state index is 13.1. The third-order valence-electron chi connectivity index (χ3n) is 3.25. The van der Waals surface area contributed by atoms with Crippen LogP contribution in [0.3, 0.4) is 0 Å². The Morgan fingerprint density at radius 2 is 1.87 bits per heavy atom. The van der Waals surface area contributed by atoms with Crippen LogP contribution in [0, 0.1) is 11.7 Å². The van der Waals surface area contributed by atoms with E-state index in [2.05, 4.69) is 15.6 Å². The second-order valence-corrected chi connectivity index (χ2v) is 5.41. The number of hydrogen-bond acceptors (Lipinski definition) is 3. The van der Waals surface area contributed by atoms with Crippen LogP contribution in [0.2, 0.25) is 0 Å². The lowest BCUT2D eigenvalue weighted by Crippen LogP contribution is -2.39. The number of nitrogens with zero attached hydrogens (tertiary/aromatic N) is 1. The molecule has 1 heterocycles. The van der Waals surface area contributed by atoms with Crippen LogP contribution in [-0.2, 0) is 9.59 Å². The third-order valence-corrected chi connectivity index (χ3v) is 3.25. The largest absolute Gasteiger partial charge is 0.339 e. The zero-order valence-corrected chi connectivity index (χ0v) is 12.9. The molecule has 1 atom stereocenters. The molecule has 23 heavy (non-hydrogen) atoms. The van der Waals surface area contributed by atoms with Gasteiger partial charge in [0.2, 0.25) is 0 Å². The van der Waals surface area contributed by atoms with Crippen LogP contribution in [0.4, 0.5) is 10.1 Å². The molecule has 2 rings (SSSR count). The fourth-order valence-corrected chi connectivity index (χ4v) is 2.10. The van der Waals surface area contributed by atoms with E-state index in [-0.39, 0.29) is 17.6 Å². The quantitative estimate of drug-likeness (QED) is 0.852. The van der Waals surface area contributed by atoms with Crippen LogP contribution in [0.25, 0.3) is 0 Å². The summed E-state index contributed by atoms with van der Waals surface area (Å²) >= 11 is 0. The van der Waals surface area contributed by atoms with Crippen LogP contribution in [0.5, 0.6) is 0 Å². The van der Waals surface area contributed by atoms with Crippen molar-refractivity contribution in [1.82, 2.24) is 10.3 Å². The van der Waals surface area contributed by atoms with Gasteiger partial charge in [0.05, 0.1) is 11.7 Å². The standard InChI is InChI=1S/C17H18FN3O2/c1-11(2)15(14-8-3-4-9-19-14)21-17(23)16(22)20-13-7-5-6-12(18)10-13/h3-11,15H,1-2H3,(H,20,22)(H,21,23). The van der Waals surface area contributed by atoms with Gasteiger partial charge in [-0.25, -0.2) is 4.39 Å². The summed E-state index contributed by atoms with van der Waals surface area (Å²) in [5.41, 5.74) is 0.901. The van der Waals surface area contributed by atoms with Gasteiger partial charge in [-0.3, -0.25) is 14.6 Å². The number of aromatic nitrogens is 1. The van der Waals surface area contributed by atoms with Crippen LogP contribution >= 0.6 is 0 Å². The minimum atomic E-state index is -0.850. The highest BCUT2D eigenvalue weighted by molar-refractivity contribution is 6.39. The minimum Gasteiger partial charge on any atom is -0.339 e.